The van der Waals surface area contributed by atoms with Gasteiger partial charge in [-0.05, 0) is 60.8 Å². The topological polar surface area (TPSA) is 26.3 Å². The number of ether oxygens (including phenoxy) is 1. The number of carbonyl (C=O) groups excluding carboxylic acids is 1. The first-order valence-corrected chi connectivity index (χ1v) is 20.1. The van der Waals surface area contributed by atoms with Gasteiger partial charge in [0.2, 0.25) is 5.78 Å². The fraction of sp³-hybridized carbons (Fsp3) is 0.225. The molecule has 0 atom stereocenters. The maximum absolute atomic E-state index is 15.4. The van der Waals surface area contributed by atoms with Crippen LogP contribution in [0, 0.1) is 116 Å². The molecule has 0 saturated heterocycles. The Morgan fingerprint density at radius 1 is 0.438 bits per heavy atom. The molecular formula is C40H23BF20O2S. The molecule has 0 spiro atoms. The lowest BCUT2D eigenvalue weighted by Crippen LogP contribution is -2.81. The van der Waals surface area contributed by atoms with Crippen molar-refractivity contribution in [1.82, 2.24) is 0 Å². The summed E-state index contributed by atoms with van der Waals surface area (Å²) in [6, 6.07) is 7.66. The van der Waals surface area contributed by atoms with Crippen LogP contribution >= 0.6 is 0 Å². The normalized spacial score (nSPS) is 13.4. The molecule has 5 aromatic rings. The van der Waals surface area contributed by atoms with E-state index in [0.717, 1.165) is 24.2 Å². The van der Waals surface area contributed by atoms with E-state index < -0.39 is 144 Å². The van der Waals surface area contributed by atoms with Crippen LogP contribution in [0.25, 0.3) is 0 Å². The Kier molecular flexibility index (Phi) is 14.7. The third kappa shape index (κ3) is 8.36. The van der Waals surface area contributed by atoms with Crippen molar-refractivity contribution >= 4 is 44.7 Å². The van der Waals surface area contributed by atoms with Crippen molar-refractivity contribution in [3.8, 4) is 5.75 Å². The molecule has 6 rings (SSSR count). The van der Waals surface area contributed by atoms with Gasteiger partial charge in [-0.15, -0.1) is 21.9 Å². The molecule has 24 heteroatoms. The predicted octanol–water partition coefficient (Wildman–Crippen LogP) is 9.30. The molecule has 1 fully saturated rings. The monoisotopic (exact) mass is 958 g/mol. The summed E-state index contributed by atoms with van der Waals surface area (Å²) in [6.07, 6.45) is 3.55. The van der Waals surface area contributed by atoms with Crippen molar-refractivity contribution < 1.29 is 97.3 Å². The standard InChI is InChI=1S/C24BF20.C16H23O2S/c26-5-1(6(27)14(35)21(42)13(5)34)25(2-7(28)15(36)22(43)16(37)8(2)29,3-9(30)17(38)23(44)18(39)10(3)31)4-11(32)19(40)24(45)20(41)12(4)33;1-19(2)12-16(17)13-8-10-15(11-9-13)18-14-6-4-3-5-7-14/h;8-11,14H,3-7,12H2,1-2H3/q-1;+1. The van der Waals surface area contributed by atoms with E-state index in [-0.39, 0.29) is 16.7 Å². The van der Waals surface area contributed by atoms with Crippen molar-refractivity contribution in [1.29, 1.82) is 0 Å². The van der Waals surface area contributed by atoms with Crippen LogP contribution in [-0.4, -0.2) is 36.3 Å². The van der Waals surface area contributed by atoms with Gasteiger partial charge in [0.15, 0.2) is 75.6 Å². The molecule has 1 aliphatic carbocycles. The molecule has 0 unspecified atom stereocenters. The number of rotatable bonds is 9. The number of ketones is 1. The fourth-order valence-electron chi connectivity index (χ4n) is 7.31. The van der Waals surface area contributed by atoms with Gasteiger partial charge in [0.05, 0.1) is 18.6 Å². The lowest BCUT2D eigenvalue weighted by molar-refractivity contribution is 0.102. The largest absolute Gasteiger partial charge is 0.490 e. The highest BCUT2D eigenvalue weighted by Crippen LogP contribution is 2.31. The minimum Gasteiger partial charge on any atom is -0.490 e. The summed E-state index contributed by atoms with van der Waals surface area (Å²) in [4.78, 5) is 11.9. The Morgan fingerprint density at radius 3 is 0.938 bits per heavy atom. The molecule has 0 N–H and O–H groups in total. The van der Waals surface area contributed by atoms with E-state index in [2.05, 4.69) is 12.5 Å². The summed E-state index contributed by atoms with van der Waals surface area (Å²) in [7, 11) is 0.162. The first kappa shape index (κ1) is 49.6. The molecule has 5 aromatic carbocycles. The summed E-state index contributed by atoms with van der Waals surface area (Å²) < 4.78 is 300. The van der Waals surface area contributed by atoms with Crippen LogP contribution < -0.4 is 26.6 Å². The Morgan fingerprint density at radius 2 is 0.688 bits per heavy atom. The van der Waals surface area contributed by atoms with E-state index >= 15 is 35.1 Å². The van der Waals surface area contributed by atoms with E-state index in [1.165, 1.54) is 19.3 Å². The summed E-state index contributed by atoms with van der Waals surface area (Å²) in [5.41, 5.74) is -13.5. The molecule has 2 nitrogen and oxygen atoms in total. The van der Waals surface area contributed by atoms with Crippen molar-refractivity contribution in [2.45, 2.75) is 38.2 Å². The van der Waals surface area contributed by atoms with E-state index in [9.17, 15) is 57.5 Å². The number of hydrogen-bond donors (Lipinski definition) is 0. The van der Waals surface area contributed by atoms with E-state index in [1.54, 1.807) is 0 Å². The molecule has 0 bridgehead atoms. The first-order valence-electron chi connectivity index (χ1n) is 17.9. The van der Waals surface area contributed by atoms with Crippen molar-refractivity contribution in [2.24, 2.45) is 0 Å². The number of hydrogen-bond acceptors (Lipinski definition) is 2. The van der Waals surface area contributed by atoms with Gasteiger partial charge in [0, 0.05) is 5.56 Å². The number of Topliss-reactive ketones (excluding diaryl/α,β-unsaturated/α-hetero) is 1. The molecule has 0 amide bonds. The van der Waals surface area contributed by atoms with Crippen LogP contribution in [0.2, 0.25) is 0 Å². The van der Waals surface area contributed by atoms with Gasteiger partial charge < -0.3 is 4.74 Å². The van der Waals surface area contributed by atoms with Crippen LogP contribution in [0.4, 0.5) is 87.8 Å². The lowest BCUT2D eigenvalue weighted by atomic mass is 9.12. The molecule has 0 aliphatic heterocycles. The quantitative estimate of drug-likeness (QED) is 0.0368. The summed E-state index contributed by atoms with van der Waals surface area (Å²) >= 11 is 0. The van der Waals surface area contributed by atoms with Gasteiger partial charge in [-0.3, -0.25) is 4.79 Å². The second kappa shape index (κ2) is 19.0. The van der Waals surface area contributed by atoms with Crippen LogP contribution in [0.15, 0.2) is 24.3 Å². The average Bonchev–Trinajstić information content (AvgIpc) is 3.26. The second-order valence-electron chi connectivity index (χ2n) is 14.3. The van der Waals surface area contributed by atoms with E-state index in [0.29, 0.717) is 11.9 Å². The van der Waals surface area contributed by atoms with Gasteiger partial charge in [0.25, 0.3) is 0 Å². The number of benzene rings is 5. The fourth-order valence-corrected chi connectivity index (χ4v) is 8.01. The Bertz CT molecular complexity index is 2270. The van der Waals surface area contributed by atoms with E-state index in [4.69, 9.17) is 4.74 Å². The minimum absolute atomic E-state index is 0.162. The zero-order chi connectivity index (χ0) is 48.0. The Hall–Kier alpha value is -5.42. The average molecular weight is 958 g/mol. The van der Waals surface area contributed by atoms with Crippen LogP contribution in [0.5, 0.6) is 5.75 Å². The Balaban J connectivity index is 0.000000337. The number of halogens is 20. The van der Waals surface area contributed by atoms with E-state index in [1.807, 2.05) is 24.3 Å². The molecule has 0 aromatic heterocycles. The second-order valence-corrected chi connectivity index (χ2v) is 16.5. The minimum atomic E-state index is -7.22. The molecule has 344 valence electrons. The van der Waals surface area contributed by atoms with Gasteiger partial charge >= 0.3 is 0 Å². The molecule has 0 heterocycles. The van der Waals surface area contributed by atoms with Crippen LogP contribution in [0.1, 0.15) is 42.5 Å². The summed E-state index contributed by atoms with van der Waals surface area (Å²) in [6.45, 7) is 0. The zero-order valence-corrected chi connectivity index (χ0v) is 32.8. The lowest BCUT2D eigenvalue weighted by Gasteiger charge is -2.44. The first-order chi connectivity index (χ1) is 29.8. The molecular weight excluding hydrogens is 935 g/mol. The third-order valence-corrected chi connectivity index (χ3v) is 11.0. The van der Waals surface area contributed by atoms with Gasteiger partial charge in [-0.25, -0.2) is 87.8 Å². The van der Waals surface area contributed by atoms with Gasteiger partial charge in [-0.1, -0.05) is 6.42 Å². The highest BCUT2D eigenvalue weighted by molar-refractivity contribution is 7.96. The zero-order valence-electron chi connectivity index (χ0n) is 32.0. The van der Waals surface area contributed by atoms with Gasteiger partial charge in [0.1, 0.15) is 58.4 Å². The molecule has 1 saturated carbocycles. The van der Waals surface area contributed by atoms with Crippen LogP contribution in [0.3, 0.4) is 0 Å². The molecule has 0 radical (unpaired) electrons. The third-order valence-electron chi connectivity index (χ3n) is 10.2. The van der Waals surface area contributed by atoms with Crippen molar-refractivity contribution in [3.05, 3.63) is 146 Å². The smallest absolute Gasteiger partial charge is 0.211 e. The van der Waals surface area contributed by atoms with Crippen molar-refractivity contribution in [2.75, 3.05) is 18.3 Å². The summed E-state index contributed by atoms with van der Waals surface area (Å²) in [5.74, 6) is -69.6. The Labute approximate surface area is 350 Å². The highest BCUT2D eigenvalue weighted by atomic mass is 32.2. The molecule has 1 aliphatic rings. The highest BCUT2D eigenvalue weighted by Gasteiger charge is 2.52. The van der Waals surface area contributed by atoms with Crippen molar-refractivity contribution in [3.63, 3.8) is 0 Å². The van der Waals surface area contributed by atoms with Crippen LogP contribution in [-0.2, 0) is 10.9 Å². The molecule has 64 heavy (non-hydrogen) atoms. The van der Waals surface area contributed by atoms with Gasteiger partial charge in [-0.2, -0.15) is 0 Å². The maximum atomic E-state index is 15.4. The maximum Gasteiger partial charge on any atom is 0.211 e. The number of carbonyl (C=O) groups is 1. The predicted molar refractivity (Wildman–Crippen MR) is 192 cm³/mol. The SMILES string of the molecule is C[S+](C)CC(=O)c1ccc(OC2CCCCC2)cc1.Fc1c(F)c(F)c([B-](c2c(F)c(F)c(F)c(F)c2F)(c2c(F)c(F)c(F)c(F)c2F)c2c(F)c(F)c(F)c(F)c2F)c(F)c1F. The summed E-state index contributed by atoms with van der Waals surface area (Å²) in [5, 5.41) is 0.